The van der Waals surface area contributed by atoms with E-state index in [1.54, 1.807) is 6.07 Å². The maximum atomic E-state index is 10.9. The third-order valence-electron chi connectivity index (χ3n) is 3.25. The summed E-state index contributed by atoms with van der Waals surface area (Å²) >= 11 is 10.6. The minimum absolute atomic E-state index is 0.102. The predicted octanol–water partition coefficient (Wildman–Crippen LogP) is 6.42. The molecule has 0 aliphatic heterocycles. The third-order valence-corrected chi connectivity index (χ3v) is 4.82. The Morgan fingerprint density at radius 1 is 1.24 bits per heavy atom. The fourth-order valence-corrected chi connectivity index (χ4v) is 3.15. The van der Waals surface area contributed by atoms with Gasteiger partial charge in [0.05, 0.1) is 17.2 Å². The molecule has 1 heterocycles. The van der Waals surface area contributed by atoms with Gasteiger partial charge in [-0.2, -0.15) is 5.11 Å². The van der Waals surface area contributed by atoms with Gasteiger partial charge in [0.15, 0.2) is 0 Å². The van der Waals surface area contributed by atoms with Crippen molar-refractivity contribution < 1.29 is 4.92 Å². The fraction of sp³-hybridized carbons (Fsp3) is 0.0625. The minimum Gasteiger partial charge on any atom is -0.258 e. The normalized spacial score (nSPS) is 11.1. The highest BCUT2D eigenvalue weighted by molar-refractivity contribution is 9.10. The second kappa shape index (κ2) is 7.81. The lowest BCUT2D eigenvalue weighted by Gasteiger charge is -1.98. The van der Waals surface area contributed by atoms with Crippen molar-refractivity contribution in [3.63, 3.8) is 0 Å². The number of halogens is 2. The molecule has 3 rings (SSSR count). The highest BCUT2D eigenvalue weighted by Crippen LogP contribution is 2.28. The van der Waals surface area contributed by atoms with E-state index < -0.39 is 4.92 Å². The molecular weight excluding hydrogens is 428 g/mol. The number of azo groups is 1. The van der Waals surface area contributed by atoms with Gasteiger partial charge in [-0.1, -0.05) is 45.7 Å². The molecule has 3 aromatic rings. The second-order valence-corrected chi connectivity index (χ2v) is 7.12. The van der Waals surface area contributed by atoms with Crippen LogP contribution in [0.25, 0.3) is 11.3 Å². The maximum absolute atomic E-state index is 10.9. The minimum atomic E-state index is -0.520. The van der Waals surface area contributed by atoms with Crippen LogP contribution in [-0.4, -0.2) is 9.91 Å². The van der Waals surface area contributed by atoms with Gasteiger partial charge in [-0.05, 0) is 23.8 Å². The van der Waals surface area contributed by atoms with Gasteiger partial charge < -0.3 is 0 Å². The van der Waals surface area contributed by atoms with Gasteiger partial charge in [0, 0.05) is 21.5 Å². The Kier molecular flexibility index (Phi) is 5.52. The molecule has 0 unspecified atom stereocenters. The monoisotopic (exact) mass is 436 g/mol. The first kappa shape index (κ1) is 17.7. The molecule has 25 heavy (non-hydrogen) atoms. The quantitative estimate of drug-likeness (QED) is 0.262. The molecule has 0 saturated carbocycles. The molecule has 0 fully saturated rings. The first-order valence-electron chi connectivity index (χ1n) is 7.05. The van der Waals surface area contributed by atoms with Gasteiger partial charge in [-0.15, -0.1) is 16.5 Å². The molecular formula is C16H10BrClN4O2S. The maximum Gasteiger partial charge on any atom is 0.288 e. The van der Waals surface area contributed by atoms with E-state index in [1.165, 1.54) is 23.5 Å². The molecule has 0 radical (unpaired) electrons. The Bertz CT molecular complexity index is 944. The Morgan fingerprint density at radius 3 is 2.72 bits per heavy atom. The highest BCUT2D eigenvalue weighted by atomic mass is 79.9. The summed E-state index contributed by atoms with van der Waals surface area (Å²) in [5, 5.41) is 21.6. The summed E-state index contributed by atoms with van der Waals surface area (Å²) in [5.74, 6) is 0. The lowest BCUT2D eigenvalue weighted by molar-refractivity contribution is -0.384. The summed E-state index contributed by atoms with van der Waals surface area (Å²) in [7, 11) is 0. The summed E-state index contributed by atoms with van der Waals surface area (Å²) in [4.78, 5) is 14.8. The average Bonchev–Trinajstić information content (AvgIpc) is 3.05. The highest BCUT2D eigenvalue weighted by Gasteiger charge is 2.12. The van der Waals surface area contributed by atoms with Crippen LogP contribution in [0.4, 0.5) is 10.8 Å². The Labute approximate surface area is 160 Å². The first-order valence-corrected chi connectivity index (χ1v) is 9.10. The lowest BCUT2D eigenvalue weighted by Crippen LogP contribution is -1.91. The molecule has 126 valence electrons. The summed E-state index contributed by atoms with van der Waals surface area (Å²) < 4.78 is 1.00. The zero-order valence-electron chi connectivity index (χ0n) is 12.6. The number of thiazole rings is 1. The van der Waals surface area contributed by atoms with E-state index in [2.05, 4.69) is 31.1 Å². The molecule has 0 saturated heterocycles. The standard InChI is InChI=1S/C16H10BrClN4O2S/c17-12-4-2-11(3-5-12)14-9-25-16(20-14)21-19-8-10-1-6-13(18)15(7-10)22(23)24/h1-7,9H,8H2. The summed E-state index contributed by atoms with van der Waals surface area (Å²) in [6, 6.07) is 12.4. The number of hydrogen-bond acceptors (Lipinski definition) is 6. The van der Waals surface area contributed by atoms with Crippen molar-refractivity contribution in [2.24, 2.45) is 10.2 Å². The molecule has 0 aliphatic carbocycles. The van der Waals surface area contributed by atoms with Crippen molar-refractivity contribution in [3.05, 3.63) is 73.0 Å². The van der Waals surface area contributed by atoms with E-state index in [0.29, 0.717) is 10.7 Å². The molecule has 2 aromatic carbocycles. The smallest absolute Gasteiger partial charge is 0.258 e. The molecule has 6 nitrogen and oxygen atoms in total. The van der Waals surface area contributed by atoms with E-state index in [9.17, 15) is 10.1 Å². The third kappa shape index (κ3) is 4.47. The van der Waals surface area contributed by atoms with E-state index in [0.717, 1.165) is 15.7 Å². The molecule has 0 amide bonds. The van der Waals surface area contributed by atoms with Crippen LogP contribution in [0.3, 0.4) is 0 Å². The van der Waals surface area contributed by atoms with Crippen LogP contribution in [0.1, 0.15) is 5.56 Å². The van der Waals surface area contributed by atoms with Crippen LogP contribution >= 0.6 is 38.9 Å². The van der Waals surface area contributed by atoms with Gasteiger partial charge in [0.25, 0.3) is 5.69 Å². The van der Waals surface area contributed by atoms with Gasteiger partial charge in [-0.3, -0.25) is 10.1 Å². The summed E-state index contributed by atoms with van der Waals surface area (Å²) in [5.41, 5.74) is 2.34. The Morgan fingerprint density at radius 2 is 2.00 bits per heavy atom. The molecule has 0 bridgehead atoms. The van der Waals surface area contributed by atoms with Crippen molar-refractivity contribution in [1.29, 1.82) is 0 Å². The van der Waals surface area contributed by atoms with Crippen molar-refractivity contribution >= 4 is 49.7 Å². The van der Waals surface area contributed by atoms with E-state index >= 15 is 0 Å². The number of nitrogens with zero attached hydrogens (tertiary/aromatic N) is 4. The first-order chi connectivity index (χ1) is 12.0. The van der Waals surface area contributed by atoms with E-state index in [-0.39, 0.29) is 17.3 Å². The van der Waals surface area contributed by atoms with Gasteiger partial charge in [0.2, 0.25) is 5.13 Å². The van der Waals surface area contributed by atoms with E-state index in [1.807, 2.05) is 29.6 Å². The number of aromatic nitrogens is 1. The van der Waals surface area contributed by atoms with Crippen molar-refractivity contribution in [3.8, 4) is 11.3 Å². The fourth-order valence-electron chi connectivity index (χ4n) is 2.04. The van der Waals surface area contributed by atoms with Crippen LogP contribution in [-0.2, 0) is 6.54 Å². The van der Waals surface area contributed by atoms with Crippen molar-refractivity contribution in [2.75, 3.05) is 0 Å². The molecule has 0 N–H and O–H groups in total. The lowest BCUT2D eigenvalue weighted by atomic mass is 10.2. The molecule has 0 aliphatic rings. The van der Waals surface area contributed by atoms with Crippen LogP contribution in [0.15, 0.2) is 62.5 Å². The Hall–Kier alpha value is -2.16. The van der Waals surface area contributed by atoms with Crippen LogP contribution in [0.5, 0.6) is 0 Å². The number of rotatable bonds is 5. The molecule has 0 atom stereocenters. The zero-order chi connectivity index (χ0) is 17.8. The SMILES string of the molecule is O=[N+]([O-])c1cc(CN=Nc2nc(-c3ccc(Br)cc3)cs2)ccc1Cl. The number of nitro benzene ring substituents is 1. The van der Waals surface area contributed by atoms with E-state index in [4.69, 9.17) is 11.6 Å². The van der Waals surface area contributed by atoms with Crippen LogP contribution in [0.2, 0.25) is 5.02 Å². The largest absolute Gasteiger partial charge is 0.288 e. The number of hydrogen-bond donors (Lipinski definition) is 0. The molecule has 1 aromatic heterocycles. The van der Waals surface area contributed by atoms with Gasteiger partial charge in [0.1, 0.15) is 5.02 Å². The second-order valence-electron chi connectivity index (χ2n) is 4.96. The summed E-state index contributed by atoms with van der Waals surface area (Å²) in [6.07, 6.45) is 0. The molecule has 0 spiro atoms. The topological polar surface area (TPSA) is 80.8 Å². The van der Waals surface area contributed by atoms with Gasteiger partial charge >= 0.3 is 0 Å². The number of nitro groups is 1. The van der Waals surface area contributed by atoms with Crippen molar-refractivity contribution in [1.82, 2.24) is 4.98 Å². The number of benzene rings is 2. The van der Waals surface area contributed by atoms with Crippen molar-refractivity contribution in [2.45, 2.75) is 6.54 Å². The van der Waals surface area contributed by atoms with Crippen LogP contribution < -0.4 is 0 Å². The van der Waals surface area contributed by atoms with Crippen LogP contribution in [0, 0.1) is 10.1 Å². The predicted molar refractivity (Wildman–Crippen MR) is 102 cm³/mol. The average molecular weight is 438 g/mol. The summed E-state index contributed by atoms with van der Waals surface area (Å²) in [6.45, 7) is 0.213. The zero-order valence-corrected chi connectivity index (χ0v) is 15.8. The Balaban J connectivity index is 1.70. The van der Waals surface area contributed by atoms with Gasteiger partial charge in [-0.25, -0.2) is 4.98 Å². The molecule has 9 heteroatoms.